The normalized spacial score (nSPS) is 37.8. The summed E-state index contributed by atoms with van der Waals surface area (Å²) in [4.78, 5) is 11.9. The second kappa shape index (κ2) is 3.28. The van der Waals surface area contributed by atoms with Crippen molar-refractivity contribution in [1.29, 1.82) is 0 Å². The maximum absolute atomic E-state index is 11.9. The first-order valence-corrected chi connectivity index (χ1v) is 6.30. The number of thiol groups is 1. The first kappa shape index (κ1) is 11.1. The van der Waals surface area contributed by atoms with Crippen molar-refractivity contribution in [2.45, 2.75) is 33.1 Å². The third-order valence-corrected chi connectivity index (χ3v) is 4.90. The highest BCUT2D eigenvalue weighted by Crippen LogP contribution is 2.63. The van der Waals surface area contributed by atoms with Crippen LogP contribution in [-0.2, 0) is 20.0 Å². The van der Waals surface area contributed by atoms with Gasteiger partial charge in [0.1, 0.15) is 5.78 Å². The summed E-state index contributed by atoms with van der Waals surface area (Å²) in [5, 5.41) is 0. The fourth-order valence-corrected chi connectivity index (χ4v) is 3.60. The lowest BCUT2D eigenvalue weighted by Crippen LogP contribution is -2.40. The molecule has 2 aliphatic carbocycles. The van der Waals surface area contributed by atoms with Crippen LogP contribution in [0.15, 0.2) is 0 Å². The van der Waals surface area contributed by atoms with Crippen molar-refractivity contribution in [3.8, 4) is 0 Å². The van der Waals surface area contributed by atoms with Crippen LogP contribution >= 0.6 is 0 Å². The van der Waals surface area contributed by atoms with Gasteiger partial charge in [-0.3, -0.25) is 8.98 Å². The van der Waals surface area contributed by atoms with Gasteiger partial charge in [-0.2, -0.15) is 0 Å². The molecule has 0 heterocycles. The molecular weight excluding hydrogens is 216 g/mol. The summed E-state index contributed by atoms with van der Waals surface area (Å²) >= 11 is 0. The zero-order valence-electron chi connectivity index (χ0n) is 8.99. The minimum atomic E-state index is -2.85. The Morgan fingerprint density at radius 3 is 2.53 bits per heavy atom. The Morgan fingerprint density at radius 1 is 1.47 bits per heavy atom. The molecule has 0 aliphatic heterocycles. The molecular formula is C10H16O4S. The van der Waals surface area contributed by atoms with E-state index in [1.807, 2.05) is 0 Å². The molecule has 0 N–H and O–H groups in total. The van der Waals surface area contributed by atoms with Crippen molar-refractivity contribution >= 4 is 16.8 Å². The summed E-state index contributed by atoms with van der Waals surface area (Å²) in [5.41, 5.74) is -0.664. The highest BCUT2D eigenvalue weighted by atomic mass is 32.2. The van der Waals surface area contributed by atoms with Gasteiger partial charge in [-0.05, 0) is 24.2 Å². The van der Waals surface area contributed by atoms with Crippen LogP contribution in [0.1, 0.15) is 33.1 Å². The van der Waals surface area contributed by atoms with Gasteiger partial charge in [-0.25, -0.2) is 8.42 Å². The van der Waals surface area contributed by atoms with Crippen LogP contribution in [0.5, 0.6) is 0 Å². The number of hydrogen-bond acceptors (Lipinski definition) is 4. The molecule has 0 aromatic carbocycles. The van der Waals surface area contributed by atoms with E-state index in [4.69, 9.17) is 0 Å². The van der Waals surface area contributed by atoms with Crippen molar-refractivity contribution < 1.29 is 17.4 Å². The third kappa shape index (κ3) is 1.36. The van der Waals surface area contributed by atoms with E-state index in [9.17, 15) is 13.2 Å². The number of ketones is 1. The van der Waals surface area contributed by atoms with Crippen LogP contribution in [0, 0.1) is 16.7 Å². The molecule has 0 aromatic rings. The van der Waals surface area contributed by atoms with E-state index in [2.05, 4.69) is 18.0 Å². The topological polar surface area (TPSA) is 60.4 Å². The summed E-state index contributed by atoms with van der Waals surface area (Å²) in [7, 11) is -2.85. The van der Waals surface area contributed by atoms with E-state index in [-0.39, 0.29) is 17.8 Å². The van der Waals surface area contributed by atoms with E-state index >= 15 is 0 Å². The van der Waals surface area contributed by atoms with Crippen LogP contribution in [0.2, 0.25) is 0 Å². The van der Waals surface area contributed by atoms with Gasteiger partial charge in [0.05, 0.1) is 12.0 Å². The first-order valence-electron chi connectivity index (χ1n) is 5.21. The average Bonchev–Trinajstić information content (AvgIpc) is 2.47. The predicted octanol–water partition coefficient (Wildman–Crippen LogP) is 0.925. The van der Waals surface area contributed by atoms with E-state index in [0.29, 0.717) is 12.3 Å². The minimum Gasteiger partial charge on any atom is -0.299 e. The molecule has 4 nitrogen and oxygen atoms in total. The average molecular weight is 232 g/mol. The molecule has 2 atom stereocenters. The molecule has 1 unspecified atom stereocenters. The Morgan fingerprint density at radius 2 is 2.13 bits per heavy atom. The maximum Gasteiger partial charge on any atom is 0.257 e. The minimum absolute atomic E-state index is 0.0358. The number of carbonyl (C=O) groups excluding carboxylic acids is 1. The standard InChI is InChI=1S/C10H16O4S/c1-9(2)7-3-4-10(9,8(11)5-7)6-14-15(12)13/h7,15H,3-6H2,1-2H3/t7?,10-/m0/s1. The highest BCUT2D eigenvalue weighted by molar-refractivity contribution is 7.67. The summed E-state index contributed by atoms with van der Waals surface area (Å²) < 4.78 is 25.6. The molecule has 2 bridgehead atoms. The van der Waals surface area contributed by atoms with Crippen LogP contribution < -0.4 is 0 Å². The van der Waals surface area contributed by atoms with Gasteiger partial charge in [-0.15, -0.1) is 0 Å². The predicted molar refractivity (Wildman–Crippen MR) is 54.8 cm³/mol. The van der Waals surface area contributed by atoms with Gasteiger partial charge in [0.2, 0.25) is 0 Å². The van der Waals surface area contributed by atoms with Gasteiger partial charge in [-0.1, -0.05) is 13.8 Å². The molecule has 0 spiro atoms. The number of Topliss-reactive ketones (excluding diaryl/α,β-unsaturated/α-hetero) is 1. The molecule has 2 fully saturated rings. The summed E-state index contributed by atoms with van der Waals surface area (Å²) in [6, 6.07) is 0. The quantitative estimate of drug-likeness (QED) is 0.735. The van der Waals surface area contributed by atoms with Crippen molar-refractivity contribution in [3.05, 3.63) is 0 Å². The Balaban J connectivity index is 2.27. The van der Waals surface area contributed by atoms with Crippen molar-refractivity contribution in [3.63, 3.8) is 0 Å². The zero-order chi connectivity index (χ0) is 11.3. The van der Waals surface area contributed by atoms with E-state index in [0.717, 1.165) is 12.8 Å². The van der Waals surface area contributed by atoms with Crippen LogP contribution in [0.4, 0.5) is 0 Å². The fourth-order valence-electron chi connectivity index (χ4n) is 3.27. The Labute approximate surface area is 91.2 Å². The van der Waals surface area contributed by atoms with Gasteiger partial charge in [0.25, 0.3) is 11.0 Å². The van der Waals surface area contributed by atoms with Crippen LogP contribution in [0.3, 0.4) is 0 Å². The fraction of sp³-hybridized carbons (Fsp3) is 0.900. The smallest absolute Gasteiger partial charge is 0.257 e. The molecule has 5 heteroatoms. The van der Waals surface area contributed by atoms with Gasteiger partial charge in [0, 0.05) is 6.42 Å². The molecule has 0 saturated heterocycles. The van der Waals surface area contributed by atoms with Crippen molar-refractivity contribution in [2.75, 3.05) is 6.61 Å². The molecule has 0 radical (unpaired) electrons. The van der Waals surface area contributed by atoms with E-state index in [1.165, 1.54) is 0 Å². The van der Waals surface area contributed by atoms with Gasteiger partial charge < -0.3 is 0 Å². The van der Waals surface area contributed by atoms with Crippen molar-refractivity contribution in [1.82, 2.24) is 0 Å². The maximum atomic E-state index is 11.9. The van der Waals surface area contributed by atoms with E-state index in [1.54, 1.807) is 0 Å². The van der Waals surface area contributed by atoms with E-state index < -0.39 is 16.4 Å². The number of hydrogen-bond donors (Lipinski definition) is 1. The SMILES string of the molecule is CC1(C)C2CC[C@]1(CO[SH](=O)=O)C(=O)C2. The van der Waals surface area contributed by atoms with Gasteiger partial charge in [0.15, 0.2) is 0 Å². The third-order valence-electron chi connectivity index (χ3n) is 4.56. The first-order chi connectivity index (χ1) is 6.90. The summed E-state index contributed by atoms with van der Waals surface area (Å²) in [6.07, 6.45) is 2.37. The second-order valence-corrected chi connectivity index (χ2v) is 5.87. The monoisotopic (exact) mass is 232 g/mol. The lowest BCUT2D eigenvalue weighted by atomic mass is 9.69. The lowest BCUT2D eigenvalue weighted by molar-refractivity contribution is -0.131. The molecule has 2 aliphatic rings. The Bertz CT molecular complexity index is 364. The molecule has 0 aromatic heterocycles. The van der Waals surface area contributed by atoms with Crippen LogP contribution in [-0.4, -0.2) is 20.8 Å². The zero-order valence-corrected chi connectivity index (χ0v) is 9.88. The number of fused-ring (bicyclic) bond motifs is 2. The lowest BCUT2D eigenvalue weighted by Gasteiger charge is -2.35. The Kier molecular flexibility index (Phi) is 2.43. The molecule has 2 saturated carbocycles. The van der Waals surface area contributed by atoms with Gasteiger partial charge >= 0.3 is 0 Å². The highest BCUT2D eigenvalue weighted by Gasteiger charge is 2.64. The molecule has 15 heavy (non-hydrogen) atoms. The number of rotatable bonds is 3. The molecule has 2 rings (SSSR count). The number of carbonyl (C=O) groups is 1. The molecule has 86 valence electrons. The summed E-state index contributed by atoms with van der Waals surface area (Å²) in [6.45, 7) is 4.14. The second-order valence-electron chi connectivity index (χ2n) is 5.16. The molecule has 0 amide bonds. The Hall–Kier alpha value is -0.420. The van der Waals surface area contributed by atoms with Crippen molar-refractivity contribution in [2.24, 2.45) is 16.7 Å². The summed E-state index contributed by atoms with van der Waals surface area (Å²) in [5.74, 6) is 0.582. The largest absolute Gasteiger partial charge is 0.299 e. The van der Waals surface area contributed by atoms with Crippen LogP contribution in [0.25, 0.3) is 0 Å².